The first-order valence-electron chi connectivity index (χ1n) is 8.48. The van der Waals surface area contributed by atoms with Crippen molar-refractivity contribution in [1.82, 2.24) is 10.2 Å². The number of rotatable bonds is 4. The van der Waals surface area contributed by atoms with Crippen LogP contribution in [0.1, 0.15) is 52.9 Å². The van der Waals surface area contributed by atoms with Gasteiger partial charge in [0.2, 0.25) is 0 Å². The zero-order valence-electron chi connectivity index (χ0n) is 14.0. The summed E-state index contributed by atoms with van der Waals surface area (Å²) in [6, 6.07) is 1.44. The highest BCUT2D eigenvalue weighted by Crippen LogP contribution is 2.32. The Kier molecular flexibility index (Phi) is 6.25. The maximum absolute atomic E-state index is 3.86. The summed E-state index contributed by atoms with van der Waals surface area (Å²) in [6.07, 6.45) is 9.54. The highest BCUT2D eigenvalue weighted by molar-refractivity contribution is 7.98. The van der Waals surface area contributed by atoms with Crippen LogP contribution in [0.4, 0.5) is 0 Å². The number of hydrogen-bond donors (Lipinski definition) is 1. The zero-order chi connectivity index (χ0) is 14.6. The molecule has 1 saturated heterocycles. The lowest BCUT2D eigenvalue weighted by atomic mass is 9.79. The monoisotopic (exact) mass is 298 g/mol. The van der Waals surface area contributed by atoms with Crippen molar-refractivity contribution in [2.75, 3.05) is 31.6 Å². The van der Waals surface area contributed by atoms with Crippen LogP contribution in [0.3, 0.4) is 0 Å². The fourth-order valence-corrected chi connectivity index (χ4v) is 4.27. The lowest BCUT2D eigenvalue weighted by molar-refractivity contribution is 0.0491. The van der Waals surface area contributed by atoms with E-state index in [9.17, 15) is 0 Å². The van der Waals surface area contributed by atoms with Gasteiger partial charge >= 0.3 is 0 Å². The van der Waals surface area contributed by atoms with Gasteiger partial charge in [0.05, 0.1) is 0 Å². The van der Waals surface area contributed by atoms with E-state index in [2.05, 4.69) is 37.2 Å². The largest absolute Gasteiger partial charge is 0.311 e. The molecule has 2 nitrogen and oxygen atoms in total. The summed E-state index contributed by atoms with van der Waals surface area (Å²) in [5, 5.41) is 3.86. The molecule has 1 heterocycles. The minimum atomic E-state index is 0.370. The van der Waals surface area contributed by atoms with Crippen LogP contribution in [-0.4, -0.2) is 48.6 Å². The second kappa shape index (κ2) is 7.51. The molecule has 2 unspecified atom stereocenters. The molecule has 1 aliphatic heterocycles. The fraction of sp³-hybridized carbons (Fsp3) is 1.00. The first-order chi connectivity index (χ1) is 9.52. The molecular formula is C17H34N2S. The second-order valence-electron chi connectivity index (χ2n) is 7.78. The van der Waals surface area contributed by atoms with E-state index >= 15 is 0 Å². The van der Waals surface area contributed by atoms with Gasteiger partial charge in [-0.05, 0) is 30.4 Å². The summed E-state index contributed by atoms with van der Waals surface area (Å²) in [5.41, 5.74) is 0.370. The molecule has 0 bridgehead atoms. The fourth-order valence-electron chi connectivity index (χ4n) is 3.86. The van der Waals surface area contributed by atoms with Crippen LogP contribution in [-0.2, 0) is 0 Å². The van der Waals surface area contributed by atoms with Gasteiger partial charge in [-0.25, -0.2) is 0 Å². The highest BCUT2D eigenvalue weighted by Gasteiger charge is 2.37. The molecule has 0 spiro atoms. The van der Waals surface area contributed by atoms with Crippen molar-refractivity contribution in [3.8, 4) is 0 Å². The quantitative estimate of drug-likeness (QED) is 0.853. The summed E-state index contributed by atoms with van der Waals surface area (Å²) in [5.74, 6) is 2.22. The minimum absolute atomic E-state index is 0.370. The molecule has 1 saturated carbocycles. The molecule has 0 aromatic rings. The predicted molar refractivity (Wildman–Crippen MR) is 91.6 cm³/mol. The number of hydrogen-bond acceptors (Lipinski definition) is 3. The highest BCUT2D eigenvalue weighted by atomic mass is 32.2. The van der Waals surface area contributed by atoms with Crippen molar-refractivity contribution in [3.05, 3.63) is 0 Å². The summed E-state index contributed by atoms with van der Waals surface area (Å²) in [6.45, 7) is 10.8. The first-order valence-corrected chi connectivity index (χ1v) is 9.88. The number of piperazine rings is 1. The SMILES string of the molecule is CSCCN1CC(C(C)(C)C)NCC1C1CCCCC1. The van der Waals surface area contributed by atoms with Crippen LogP contribution >= 0.6 is 11.8 Å². The van der Waals surface area contributed by atoms with Gasteiger partial charge in [-0.1, -0.05) is 40.0 Å². The minimum Gasteiger partial charge on any atom is -0.311 e. The Labute approximate surface area is 130 Å². The van der Waals surface area contributed by atoms with Gasteiger partial charge in [0.1, 0.15) is 0 Å². The van der Waals surface area contributed by atoms with Crippen LogP contribution in [0.5, 0.6) is 0 Å². The molecule has 118 valence electrons. The van der Waals surface area contributed by atoms with Crippen molar-refractivity contribution < 1.29 is 0 Å². The van der Waals surface area contributed by atoms with Gasteiger partial charge in [0, 0.05) is 37.5 Å². The molecule has 0 aromatic heterocycles. The summed E-state index contributed by atoms with van der Waals surface area (Å²) < 4.78 is 0. The van der Waals surface area contributed by atoms with E-state index in [1.165, 1.54) is 57.5 Å². The molecule has 0 amide bonds. The Morgan fingerprint density at radius 3 is 2.45 bits per heavy atom. The van der Waals surface area contributed by atoms with Crippen molar-refractivity contribution in [3.63, 3.8) is 0 Å². The molecule has 1 N–H and O–H groups in total. The molecule has 0 radical (unpaired) electrons. The summed E-state index contributed by atoms with van der Waals surface area (Å²) in [4.78, 5) is 2.82. The molecule has 2 atom stereocenters. The molecule has 1 aliphatic carbocycles. The van der Waals surface area contributed by atoms with Crippen molar-refractivity contribution >= 4 is 11.8 Å². The molecular weight excluding hydrogens is 264 g/mol. The lowest BCUT2D eigenvalue weighted by Gasteiger charge is -2.48. The summed E-state index contributed by atoms with van der Waals surface area (Å²) in [7, 11) is 0. The molecule has 20 heavy (non-hydrogen) atoms. The van der Waals surface area contributed by atoms with E-state index in [-0.39, 0.29) is 0 Å². The average Bonchev–Trinajstić information content (AvgIpc) is 2.45. The molecule has 2 rings (SSSR count). The van der Waals surface area contributed by atoms with Crippen LogP contribution in [0.2, 0.25) is 0 Å². The van der Waals surface area contributed by atoms with Crippen molar-refractivity contribution in [2.45, 2.75) is 65.0 Å². The molecule has 2 aliphatic rings. The number of thioether (sulfide) groups is 1. The second-order valence-corrected chi connectivity index (χ2v) is 8.77. The Morgan fingerprint density at radius 2 is 1.85 bits per heavy atom. The van der Waals surface area contributed by atoms with E-state index in [0.29, 0.717) is 11.5 Å². The van der Waals surface area contributed by atoms with Gasteiger partial charge in [-0.15, -0.1) is 0 Å². The van der Waals surface area contributed by atoms with Crippen LogP contribution < -0.4 is 5.32 Å². The zero-order valence-corrected chi connectivity index (χ0v) is 14.8. The number of nitrogens with one attached hydrogen (secondary N) is 1. The van der Waals surface area contributed by atoms with Gasteiger partial charge in [0.25, 0.3) is 0 Å². The van der Waals surface area contributed by atoms with Gasteiger partial charge in [-0.2, -0.15) is 11.8 Å². The molecule has 2 fully saturated rings. The molecule has 0 aromatic carbocycles. The van der Waals surface area contributed by atoms with E-state index in [4.69, 9.17) is 0 Å². The number of nitrogens with zero attached hydrogens (tertiary/aromatic N) is 1. The van der Waals surface area contributed by atoms with Crippen LogP contribution in [0.15, 0.2) is 0 Å². The van der Waals surface area contributed by atoms with Gasteiger partial charge in [0.15, 0.2) is 0 Å². The van der Waals surface area contributed by atoms with Gasteiger partial charge < -0.3 is 5.32 Å². The van der Waals surface area contributed by atoms with E-state index in [0.717, 1.165) is 12.0 Å². The Morgan fingerprint density at radius 1 is 1.15 bits per heavy atom. The van der Waals surface area contributed by atoms with E-state index in [1.54, 1.807) is 0 Å². The third-order valence-corrected chi connectivity index (χ3v) is 5.87. The predicted octanol–water partition coefficient (Wildman–Crippen LogP) is 3.62. The Hall–Kier alpha value is 0.270. The normalized spacial score (nSPS) is 30.6. The van der Waals surface area contributed by atoms with Crippen molar-refractivity contribution in [2.24, 2.45) is 11.3 Å². The third-order valence-electron chi connectivity index (χ3n) is 5.28. The maximum Gasteiger partial charge on any atom is 0.0249 e. The van der Waals surface area contributed by atoms with Crippen LogP contribution in [0, 0.1) is 11.3 Å². The first kappa shape index (κ1) is 16.6. The standard InChI is InChI=1S/C17H34N2S/c1-17(2,3)16-13-19(10-11-20-4)15(12-18-16)14-8-6-5-7-9-14/h14-16,18H,5-13H2,1-4H3. The van der Waals surface area contributed by atoms with E-state index in [1.807, 2.05) is 11.8 Å². The third kappa shape index (κ3) is 4.38. The maximum atomic E-state index is 3.86. The average molecular weight is 299 g/mol. The van der Waals surface area contributed by atoms with E-state index < -0.39 is 0 Å². The van der Waals surface area contributed by atoms with Gasteiger partial charge in [-0.3, -0.25) is 4.90 Å². The van der Waals surface area contributed by atoms with Crippen LogP contribution in [0.25, 0.3) is 0 Å². The molecule has 3 heteroatoms. The Balaban J connectivity index is 1.99. The smallest absolute Gasteiger partial charge is 0.0249 e. The Bertz CT molecular complexity index is 281. The van der Waals surface area contributed by atoms with Crippen molar-refractivity contribution in [1.29, 1.82) is 0 Å². The topological polar surface area (TPSA) is 15.3 Å². The lowest BCUT2D eigenvalue weighted by Crippen LogP contribution is -2.62. The summed E-state index contributed by atoms with van der Waals surface area (Å²) >= 11 is 1.99.